The highest BCUT2D eigenvalue weighted by Crippen LogP contribution is 2.36. The van der Waals surface area contributed by atoms with Gasteiger partial charge in [-0.15, -0.1) is 0 Å². The van der Waals surface area contributed by atoms with E-state index >= 15 is 0 Å². The standard InChI is InChI=1S/C25H25ClFN3O3S/c1-14(10-17-4-6-20(26)21(27)11-17)25-28-22-12-18(24-15(2)29-33-16(24)3)5-7-23(22)30(25)19-8-9-34(31,32)13-19/h4-7,11-12,14,19H,8-10,13H2,1-3H3. The molecular formula is C25H25ClFN3O3S. The smallest absolute Gasteiger partial charge is 0.152 e. The Hall–Kier alpha value is -2.71. The minimum atomic E-state index is -3.09. The zero-order valence-corrected chi connectivity index (χ0v) is 20.8. The maximum Gasteiger partial charge on any atom is 0.152 e. The van der Waals surface area contributed by atoms with Gasteiger partial charge in [0.1, 0.15) is 17.4 Å². The summed E-state index contributed by atoms with van der Waals surface area (Å²) >= 11 is 5.85. The predicted molar refractivity (Wildman–Crippen MR) is 131 cm³/mol. The Balaban J connectivity index is 1.61. The lowest BCUT2D eigenvalue weighted by molar-refractivity contribution is 0.393. The first-order chi connectivity index (χ1) is 16.1. The lowest BCUT2D eigenvalue weighted by atomic mass is 10.00. The van der Waals surface area contributed by atoms with Crippen LogP contribution >= 0.6 is 11.6 Å². The Morgan fingerprint density at radius 2 is 2.03 bits per heavy atom. The van der Waals surface area contributed by atoms with Crippen molar-refractivity contribution in [2.45, 2.75) is 45.6 Å². The summed E-state index contributed by atoms with van der Waals surface area (Å²) in [6.07, 6.45) is 1.10. The lowest BCUT2D eigenvalue weighted by Gasteiger charge is -2.19. The molecule has 0 saturated carbocycles. The Morgan fingerprint density at radius 3 is 2.68 bits per heavy atom. The predicted octanol–water partition coefficient (Wildman–Crippen LogP) is 5.81. The third-order valence-electron chi connectivity index (χ3n) is 6.58. The number of aromatic nitrogens is 3. The summed E-state index contributed by atoms with van der Waals surface area (Å²) in [5.74, 6) is 1.27. The van der Waals surface area contributed by atoms with Crippen LogP contribution in [-0.2, 0) is 16.3 Å². The van der Waals surface area contributed by atoms with Gasteiger partial charge in [-0.2, -0.15) is 0 Å². The molecule has 34 heavy (non-hydrogen) atoms. The maximum atomic E-state index is 14.0. The van der Waals surface area contributed by atoms with Gasteiger partial charge in [0.2, 0.25) is 0 Å². The zero-order chi connectivity index (χ0) is 24.2. The molecule has 0 radical (unpaired) electrons. The molecule has 2 aromatic heterocycles. The number of nitrogens with zero attached hydrogens (tertiary/aromatic N) is 3. The van der Waals surface area contributed by atoms with Crippen LogP contribution in [0.4, 0.5) is 4.39 Å². The number of hydrogen-bond acceptors (Lipinski definition) is 5. The van der Waals surface area contributed by atoms with Crippen molar-refractivity contribution in [2.24, 2.45) is 0 Å². The van der Waals surface area contributed by atoms with Crippen LogP contribution in [-0.4, -0.2) is 34.6 Å². The number of rotatable bonds is 5. The first-order valence-electron chi connectivity index (χ1n) is 11.2. The summed E-state index contributed by atoms with van der Waals surface area (Å²) in [6, 6.07) is 10.6. The highest BCUT2D eigenvalue weighted by Gasteiger charge is 2.33. The van der Waals surface area contributed by atoms with Crippen LogP contribution < -0.4 is 0 Å². The number of halogens is 2. The summed E-state index contributed by atoms with van der Waals surface area (Å²) in [5.41, 5.74) is 5.17. The fraction of sp³-hybridized carbons (Fsp3) is 0.360. The van der Waals surface area contributed by atoms with Crippen molar-refractivity contribution >= 4 is 32.5 Å². The van der Waals surface area contributed by atoms with Crippen LogP contribution in [0.5, 0.6) is 0 Å². The Kier molecular flexibility index (Phi) is 5.76. The number of imidazole rings is 1. The van der Waals surface area contributed by atoms with Gasteiger partial charge in [-0.25, -0.2) is 17.8 Å². The third-order valence-corrected chi connectivity index (χ3v) is 8.64. The minimum Gasteiger partial charge on any atom is -0.361 e. The molecular weight excluding hydrogens is 477 g/mol. The van der Waals surface area contributed by atoms with Crippen molar-refractivity contribution in [1.82, 2.24) is 14.7 Å². The van der Waals surface area contributed by atoms with Gasteiger partial charge in [-0.1, -0.05) is 35.8 Å². The summed E-state index contributed by atoms with van der Waals surface area (Å²) in [4.78, 5) is 4.97. The normalized spacial score (nSPS) is 18.6. The monoisotopic (exact) mass is 501 g/mol. The van der Waals surface area contributed by atoms with E-state index in [9.17, 15) is 12.8 Å². The fourth-order valence-electron chi connectivity index (χ4n) is 4.99. The summed E-state index contributed by atoms with van der Waals surface area (Å²) in [5, 5.41) is 4.14. The van der Waals surface area contributed by atoms with Gasteiger partial charge in [0.25, 0.3) is 0 Å². The molecule has 1 saturated heterocycles. The van der Waals surface area contributed by atoms with Crippen molar-refractivity contribution in [3.63, 3.8) is 0 Å². The highest BCUT2D eigenvalue weighted by molar-refractivity contribution is 7.91. The zero-order valence-electron chi connectivity index (χ0n) is 19.2. The molecule has 2 unspecified atom stereocenters. The second kappa shape index (κ2) is 8.50. The van der Waals surface area contributed by atoms with Crippen LogP contribution in [0.2, 0.25) is 5.02 Å². The Labute approximate surface area is 202 Å². The van der Waals surface area contributed by atoms with Crippen LogP contribution in [0.15, 0.2) is 40.9 Å². The molecule has 2 atom stereocenters. The molecule has 0 spiro atoms. The first kappa shape index (κ1) is 23.1. The van der Waals surface area contributed by atoms with Crippen LogP contribution in [0.3, 0.4) is 0 Å². The van der Waals surface area contributed by atoms with Crippen molar-refractivity contribution in [3.8, 4) is 11.1 Å². The van der Waals surface area contributed by atoms with Crippen LogP contribution in [0.1, 0.15) is 48.1 Å². The van der Waals surface area contributed by atoms with Crippen molar-refractivity contribution in [2.75, 3.05) is 11.5 Å². The molecule has 0 amide bonds. The van der Waals surface area contributed by atoms with E-state index in [0.29, 0.717) is 12.8 Å². The van der Waals surface area contributed by atoms with E-state index in [0.717, 1.165) is 45.0 Å². The van der Waals surface area contributed by atoms with Crippen LogP contribution in [0, 0.1) is 19.7 Å². The second-order valence-electron chi connectivity index (χ2n) is 9.15. The van der Waals surface area contributed by atoms with Crippen molar-refractivity contribution < 1.29 is 17.3 Å². The molecule has 4 aromatic rings. The van der Waals surface area contributed by atoms with Gasteiger partial charge in [0.05, 0.1) is 39.3 Å². The maximum absolute atomic E-state index is 14.0. The van der Waals surface area contributed by atoms with Crippen molar-refractivity contribution in [3.05, 3.63) is 70.1 Å². The van der Waals surface area contributed by atoms with Gasteiger partial charge >= 0.3 is 0 Å². The van der Waals surface area contributed by atoms with E-state index in [1.807, 2.05) is 45.0 Å². The molecule has 1 fully saturated rings. The Morgan fingerprint density at radius 1 is 1.24 bits per heavy atom. The van der Waals surface area contributed by atoms with Gasteiger partial charge in [-0.05, 0) is 62.1 Å². The minimum absolute atomic E-state index is 0.0706. The number of sulfone groups is 1. The van der Waals surface area contributed by atoms with Gasteiger partial charge in [0, 0.05) is 11.5 Å². The quantitative estimate of drug-likeness (QED) is 0.345. The third kappa shape index (κ3) is 4.14. The number of hydrogen-bond donors (Lipinski definition) is 0. The van der Waals surface area contributed by atoms with E-state index in [4.69, 9.17) is 21.1 Å². The molecule has 0 bridgehead atoms. The second-order valence-corrected chi connectivity index (χ2v) is 11.8. The molecule has 5 rings (SSSR count). The number of aryl methyl sites for hydroxylation is 2. The van der Waals surface area contributed by atoms with Crippen molar-refractivity contribution in [1.29, 1.82) is 0 Å². The van der Waals surface area contributed by atoms with E-state index in [-0.39, 0.29) is 28.5 Å². The molecule has 9 heteroatoms. The molecule has 1 aliphatic rings. The highest BCUT2D eigenvalue weighted by atomic mass is 35.5. The average Bonchev–Trinajstić information content (AvgIpc) is 3.44. The van der Waals surface area contributed by atoms with E-state index in [1.54, 1.807) is 6.07 Å². The fourth-order valence-corrected chi connectivity index (χ4v) is 6.81. The molecule has 1 aliphatic heterocycles. The molecule has 3 heterocycles. The van der Waals surface area contributed by atoms with E-state index in [2.05, 4.69) is 9.72 Å². The molecule has 2 aromatic carbocycles. The average molecular weight is 502 g/mol. The summed E-state index contributed by atoms with van der Waals surface area (Å²) in [6.45, 7) is 5.81. The van der Waals surface area contributed by atoms with Gasteiger partial charge in [-0.3, -0.25) is 0 Å². The lowest BCUT2D eigenvalue weighted by Crippen LogP contribution is -2.16. The van der Waals surface area contributed by atoms with Gasteiger partial charge in [0.15, 0.2) is 9.84 Å². The molecule has 0 aliphatic carbocycles. The van der Waals surface area contributed by atoms with E-state index in [1.165, 1.54) is 6.07 Å². The first-order valence-corrected chi connectivity index (χ1v) is 13.4. The van der Waals surface area contributed by atoms with Crippen LogP contribution in [0.25, 0.3) is 22.2 Å². The largest absolute Gasteiger partial charge is 0.361 e. The van der Waals surface area contributed by atoms with E-state index < -0.39 is 15.7 Å². The Bertz CT molecular complexity index is 1490. The summed E-state index contributed by atoms with van der Waals surface area (Å²) in [7, 11) is -3.09. The van der Waals surface area contributed by atoms with Gasteiger partial charge < -0.3 is 9.09 Å². The topological polar surface area (TPSA) is 78.0 Å². The SMILES string of the molecule is Cc1noc(C)c1-c1ccc2c(c1)nc(C(C)Cc1ccc(Cl)c(F)c1)n2C1CCS(=O)(=O)C1. The molecule has 6 nitrogen and oxygen atoms in total. The molecule has 0 N–H and O–H groups in total. The molecule has 178 valence electrons. The number of fused-ring (bicyclic) bond motifs is 1. The number of benzene rings is 2. The summed E-state index contributed by atoms with van der Waals surface area (Å²) < 4.78 is 46.0.